The van der Waals surface area contributed by atoms with Gasteiger partial charge in [-0.15, -0.1) is 0 Å². The zero-order valence-electron chi connectivity index (χ0n) is 45.6. The van der Waals surface area contributed by atoms with E-state index >= 15 is 0 Å². The second-order valence-corrected chi connectivity index (χ2v) is 21.0. The van der Waals surface area contributed by atoms with Gasteiger partial charge in [0.1, 0.15) is 12.2 Å². The van der Waals surface area contributed by atoms with Crippen molar-refractivity contribution in [3.63, 3.8) is 0 Å². The van der Waals surface area contributed by atoms with Gasteiger partial charge in [-0.1, -0.05) is 294 Å². The summed E-state index contributed by atoms with van der Waals surface area (Å²) in [5.74, 6) is -0.594. The summed E-state index contributed by atoms with van der Waals surface area (Å²) in [7, 11) is 0. The lowest BCUT2D eigenvalue weighted by molar-refractivity contribution is -0.132. The quantitative estimate of drug-likeness (QED) is 0.0308. The molecule has 0 aliphatic carbocycles. The van der Waals surface area contributed by atoms with Crippen LogP contribution < -0.4 is 5.32 Å². The van der Waals surface area contributed by atoms with E-state index < -0.39 is 36.9 Å². The second kappa shape index (κ2) is 56.4. The maximum atomic E-state index is 12.6. The lowest BCUT2D eigenvalue weighted by Gasteiger charge is -2.27. The van der Waals surface area contributed by atoms with Crippen molar-refractivity contribution in [3.8, 4) is 0 Å². The highest BCUT2D eigenvalue weighted by molar-refractivity contribution is 5.80. The summed E-state index contributed by atoms with van der Waals surface area (Å²) in [6.07, 6.45) is 70.9. The number of amides is 1. The highest BCUT2D eigenvalue weighted by Gasteiger charge is 2.28. The summed E-state index contributed by atoms with van der Waals surface area (Å²) < 4.78 is 0. The molecule has 68 heavy (non-hydrogen) atoms. The Labute approximate surface area is 424 Å². The van der Waals surface area contributed by atoms with Crippen LogP contribution in [0.15, 0.2) is 36.5 Å². The molecule has 0 heterocycles. The van der Waals surface area contributed by atoms with Gasteiger partial charge < -0.3 is 25.7 Å². The Morgan fingerprint density at radius 2 is 0.618 bits per heavy atom. The van der Waals surface area contributed by atoms with Gasteiger partial charge in [0.15, 0.2) is 0 Å². The summed E-state index contributed by atoms with van der Waals surface area (Å²) >= 11 is 0. The Bertz CT molecular complexity index is 1080. The first-order valence-electron chi connectivity index (χ1n) is 30.4. The minimum absolute atomic E-state index is 0.362. The van der Waals surface area contributed by atoms with Gasteiger partial charge in [-0.25, -0.2) is 0 Å². The monoisotopic (exact) mass is 958 g/mol. The number of hydrogen-bond acceptors (Lipinski definition) is 5. The molecule has 4 unspecified atom stereocenters. The second-order valence-electron chi connectivity index (χ2n) is 21.0. The predicted octanol–water partition coefficient (Wildman–Crippen LogP) is 18.0. The number of nitrogens with one attached hydrogen (secondary N) is 1. The van der Waals surface area contributed by atoms with Crippen molar-refractivity contribution in [1.29, 1.82) is 0 Å². The van der Waals surface area contributed by atoms with Crippen LogP contribution in [0.3, 0.4) is 0 Å². The number of hydrogen-bond donors (Lipinski definition) is 5. The van der Waals surface area contributed by atoms with Crippen LogP contribution in [0, 0.1) is 0 Å². The van der Waals surface area contributed by atoms with E-state index in [-0.39, 0.29) is 0 Å². The van der Waals surface area contributed by atoms with Crippen molar-refractivity contribution in [2.24, 2.45) is 0 Å². The van der Waals surface area contributed by atoms with Gasteiger partial charge in [-0.3, -0.25) is 4.79 Å². The fourth-order valence-corrected chi connectivity index (χ4v) is 9.56. The number of allylic oxidation sites excluding steroid dienone is 6. The molecule has 0 bridgehead atoms. The van der Waals surface area contributed by atoms with Crippen LogP contribution in [0.1, 0.15) is 322 Å². The molecule has 6 heteroatoms. The number of unbranched alkanes of at least 4 members (excludes halogenated alkanes) is 41. The van der Waals surface area contributed by atoms with E-state index in [0.29, 0.717) is 19.3 Å². The Kier molecular flexibility index (Phi) is 55.2. The lowest BCUT2D eigenvalue weighted by Crippen LogP contribution is -2.53. The van der Waals surface area contributed by atoms with Crippen LogP contribution in [0.2, 0.25) is 0 Å². The van der Waals surface area contributed by atoms with Crippen molar-refractivity contribution < 1.29 is 25.2 Å². The largest absolute Gasteiger partial charge is 0.394 e. The van der Waals surface area contributed by atoms with E-state index in [1.54, 1.807) is 0 Å². The molecule has 0 aliphatic heterocycles. The third kappa shape index (κ3) is 49.5. The molecule has 0 saturated heterocycles. The molecule has 0 spiro atoms. The minimum atomic E-state index is -1.29. The van der Waals surface area contributed by atoms with Crippen molar-refractivity contribution in [2.45, 2.75) is 346 Å². The smallest absolute Gasteiger partial charge is 0.249 e. The van der Waals surface area contributed by atoms with Gasteiger partial charge >= 0.3 is 0 Å². The third-order valence-electron chi connectivity index (χ3n) is 14.3. The minimum Gasteiger partial charge on any atom is -0.394 e. The Morgan fingerprint density at radius 1 is 0.353 bits per heavy atom. The number of aliphatic hydroxyl groups is 4. The van der Waals surface area contributed by atoms with Crippen LogP contribution in [0.25, 0.3) is 0 Å². The van der Waals surface area contributed by atoms with Gasteiger partial charge in [0.25, 0.3) is 0 Å². The van der Waals surface area contributed by atoms with E-state index in [1.807, 2.05) is 0 Å². The summed E-state index contributed by atoms with van der Waals surface area (Å²) in [6, 6.07) is -1.01. The normalized spacial score (nSPS) is 13.9. The predicted molar refractivity (Wildman–Crippen MR) is 297 cm³/mol. The van der Waals surface area contributed by atoms with E-state index in [2.05, 4.69) is 55.6 Å². The highest BCUT2D eigenvalue weighted by Crippen LogP contribution is 2.18. The summed E-state index contributed by atoms with van der Waals surface area (Å²) in [6.45, 7) is 4.08. The molecule has 0 saturated carbocycles. The first-order chi connectivity index (χ1) is 33.5. The van der Waals surface area contributed by atoms with Crippen LogP contribution in [0.5, 0.6) is 0 Å². The molecule has 4 atom stereocenters. The molecule has 6 nitrogen and oxygen atoms in total. The van der Waals surface area contributed by atoms with Gasteiger partial charge in [-0.05, 0) is 64.2 Å². The molecule has 0 rings (SSSR count). The molecular formula is C62H119NO5. The maximum Gasteiger partial charge on any atom is 0.249 e. The van der Waals surface area contributed by atoms with Crippen LogP contribution in [-0.2, 0) is 4.79 Å². The fourth-order valence-electron chi connectivity index (χ4n) is 9.56. The van der Waals surface area contributed by atoms with Gasteiger partial charge in [0.2, 0.25) is 5.91 Å². The average Bonchev–Trinajstić information content (AvgIpc) is 3.34. The van der Waals surface area contributed by atoms with E-state index in [0.717, 1.165) is 51.4 Å². The first-order valence-corrected chi connectivity index (χ1v) is 30.4. The number of aliphatic hydroxyl groups excluding tert-OH is 4. The maximum absolute atomic E-state index is 12.6. The molecule has 5 N–H and O–H groups in total. The van der Waals surface area contributed by atoms with Crippen molar-refractivity contribution >= 4 is 5.91 Å². The molecule has 0 aromatic heterocycles. The topological polar surface area (TPSA) is 110 Å². The van der Waals surface area contributed by atoms with Crippen LogP contribution >= 0.6 is 0 Å². The summed E-state index contributed by atoms with van der Waals surface area (Å²) in [4.78, 5) is 12.6. The molecule has 0 fully saturated rings. The van der Waals surface area contributed by atoms with Gasteiger partial charge in [0.05, 0.1) is 18.8 Å². The van der Waals surface area contributed by atoms with Gasteiger partial charge in [0, 0.05) is 0 Å². The van der Waals surface area contributed by atoms with Crippen molar-refractivity contribution in [1.82, 2.24) is 5.32 Å². The van der Waals surface area contributed by atoms with E-state index in [4.69, 9.17) is 0 Å². The number of carbonyl (C=O) groups is 1. The SMILES string of the molecule is CCCCCCCCCCCCCCCCCCCC/C=C/CC/C=C/CC/C=C/CCCC(O)C(O)C(CO)NC(=O)C(O)CCCCCCCCCCCCCCCCCCCCCCC. The third-order valence-corrected chi connectivity index (χ3v) is 14.3. The Hall–Kier alpha value is -1.47. The van der Waals surface area contributed by atoms with Gasteiger partial charge in [-0.2, -0.15) is 0 Å². The lowest BCUT2D eigenvalue weighted by atomic mass is 10.00. The molecule has 0 aromatic carbocycles. The van der Waals surface area contributed by atoms with Crippen LogP contribution in [0.4, 0.5) is 0 Å². The summed E-state index contributed by atoms with van der Waals surface area (Å²) in [5.41, 5.74) is 0. The summed E-state index contributed by atoms with van der Waals surface area (Å²) in [5, 5.41) is 44.0. The molecule has 0 aliphatic rings. The molecule has 1 amide bonds. The average molecular weight is 959 g/mol. The first kappa shape index (κ1) is 66.5. The van der Waals surface area contributed by atoms with Crippen molar-refractivity contribution in [2.75, 3.05) is 6.61 Å². The number of carbonyl (C=O) groups excluding carboxylic acids is 1. The molecule has 0 aromatic rings. The molecular weight excluding hydrogens is 839 g/mol. The standard InChI is InChI=1S/C62H119NO5/c1-3-5-7-9-11-13-15-17-19-21-23-25-26-27-28-29-30-31-32-33-34-36-37-39-41-43-45-47-49-51-53-55-59(65)61(67)58(57-64)63-62(68)60(66)56-54-52-50-48-46-44-42-40-38-35-24-22-20-18-16-14-12-10-8-6-4-2/h33-34,39,41,47,49,58-61,64-67H,3-32,35-38,40,42-46,48,50-57H2,1-2H3,(H,63,68)/b34-33+,41-39+,49-47+. The Morgan fingerprint density at radius 3 is 0.926 bits per heavy atom. The molecule has 402 valence electrons. The zero-order chi connectivity index (χ0) is 49.5. The van der Waals surface area contributed by atoms with E-state index in [1.165, 1.54) is 238 Å². The zero-order valence-corrected chi connectivity index (χ0v) is 45.6. The fraction of sp³-hybridized carbons (Fsp3) is 0.887. The number of rotatable bonds is 56. The van der Waals surface area contributed by atoms with Crippen LogP contribution in [-0.4, -0.2) is 57.3 Å². The highest BCUT2D eigenvalue weighted by atomic mass is 16.3. The van der Waals surface area contributed by atoms with Crippen molar-refractivity contribution in [3.05, 3.63) is 36.5 Å². The molecule has 0 radical (unpaired) electrons. The Balaban J connectivity index is 3.66. The van der Waals surface area contributed by atoms with E-state index in [9.17, 15) is 25.2 Å².